The van der Waals surface area contributed by atoms with Crippen LogP contribution in [0.3, 0.4) is 0 Å². The predicted molar refractivity (Wildman–Crippen MR) is 139 cm³/mol. The second-order valence-electron chi connectivity index (χ2n) is 11.0. The molecular weight excluding hydrogens is 470 g/mol. The van der Waals surface area contributed by atoms with Crippen molar-refractivity contribution in [3.63, 3.8) is 0 Å². The van der Waals surface area contributed by atoms with Crippen LogP contribution in [0, 0.1) is 5.92 Å². The van der Waals surface area contributed by atoms with Gasteiger partial charge in [-0.15, -0.1) is 0 Å². The molecule has 2 fully saturated rings. The van der Waals surface area contributed by atoms with Crippen molar-refractivity contribution in [1.29, 1.82) is 0 Å². The van der Waals surface area contributed by atoms with Gasteiger partial charge in [0.05, 0.1) is 25.5 Å². The third kappa shape index (κ3) is 6.45. The van der Waals surface area contributed by atoms with Gasteiger partial charge in [0.2, 0.25) is 0 Å². The highest BCUT2D eigenvalue weighted by molar-refractivity contribution is 5.75. The van der Waals surface area contributed by atoms with Crippen LogP contribution in [0.25, 0.3) is 0 Å². The molecule has 2 aromatic rings. The first-order valence-corrected chi connectivity index (χ1v) is 13.7. The van der Waals surface area contributed by atoms with Crippen LogP contribution in [-0.2, 0) is 33.7 Å². The molecule has 5 heterocycles. The molecule has 37 heavy (non-hydrogen) atoms. The first-order chi connectivity index (χ1) is 18.0. The summed E-state index contributed by atoms with van der Waals surface area (Å²) in [6.45, 7) is 5.93. The first-order valence-electron chi connectivity index (χ1n) is 13.7. The zero-order valence-electron chi connectivity index (χ0n) is 21.8. The van der Waals surface area contributed by atoms with Gasteiger partial charge in [0, 0.05) is 30.5 Å². The van der Waals surface area contributed by atoms with Crippen LogP contribution in [0.15, 0.2) is 24.7 Å². The van der Waals surface area contributed by atoms with Crippen molar-refractivity contribution in [3.05, 3.63) is 47.2 Å². The number of likely N-dealkylation sites (tertiary alicyclic amines) is 1. The van der Waals surface area contributed by atoms with Gasteiger partial charge >= 0.3 is 5.97 Å². The molecule has 0 aliphatic carbocycles. The van der Waals surface area contributed by atoms with E-state index in [0.717, 1.165) is 64.0 Å². The Kier molecular flexibility index (Phi) is 8.32. The van der Waals surface area contributed by atoms with E-state index in [9.17, 15) is 9.90 Å². The maximum absolute atomic E-state index is 12.4. The monoisotopic (exact) mass is 509 g/mol. The molecule has 2 N–H and O–H groups in total. The van der Waals surface area contributed by atoms with Crippen LogP contribution in [0.2, 0.25) is 0 Å². The molecule has 5 rings (SSSR count). The number of ether oxygens (including phenoxy) is 2. The number of anilines is 1. The summed E-state index contributed by atoms with van der Waals surface area (Å²) in [5.74, 6) is 0.734. The molecule has 0 aromatic carbocycles. The maximum atomic E-state index is 12.4. The highest BCUT2D eigenvalue weighted by Gasteiger charge is 2.37. The number of carboxylic acid groups (broad SMARTS) is 1. The number of nitrogens with zero attached hydrogens (tertiary/aromatic N) is 4. The molecule has 2 saturated heterocycles. The number of hydrogen-bond donors (Lipinski definition) is 2. The van der Waals surface area contributed by atoms with Gasteiger partial charge in [-0.25, -0.2) is 15.0 Å². The molecule has 3 aliphatic heterocycles. The van der Waals surface area contributed by atoms with E-state index in [2.05, 4.69) is 32.3 Å². The number of aromatic nitrogens is 3. The molecule has 0 saturated carbocycles. The molecular formula is C28H39N5O4. The smallest absolute Gasteiger partial charge is 0.325 e. The minimum absolute atomic E-state index is 0.258. The summed E-state index contributed by atoms with van der Waals surface area (Å²) in [7, 11) is 0. The minimum Gasteiger partial charge on any atom is -0.480 e. The van der Waals surface area contributed by atoms with Crippen molar-refractivity contribution in [1.82, 2.24) is 19.9 Å². The molecule has 9 heteroatoms. The van der Waals surface area contributed by atoms with Gasteiger partial charge in [-0.3, -0.25) is 9.69 Å². The summed E-state index contributed by atoms with van der Waals surface area (Å²) in [5, 5.41) is 13.6. The lowest BCUT2D eigenvalue weighted by atomic mass is 9.99. The van der Waals surface area contributed by atoms with Crippen molar-refractivity contribution in [2.45, 2.75) is 76.5 Å². The van der Waals surface area contributed by atoms with Gasteiger partial charge < -0.3 is 19.9 Å². The Bertz CT molecular complexity index is 1080. The van der Waals surface area contributed by atoms with Gasteiger partial charge in [0.25, 0.3) is 0 Å². The van der Waals surface area contributed by atoms with E-state index in [1.165, 1.54) is 30.4 Å². The van der Waals surface area contributed by atoms with E-state index in [0.29, 0.717) is 30.4 Å². The summed E-state index contributed by atoms with van der Waals surface area (Å²) >= 11 is 0. The van der Waals surface area contributed by atoms with Crippen molar-refractivity contribution in [2.24, 2.45) is 5.92 Å². The van der Waals surface area contributed by atoms with Crippen LogP contribution in [0.5, 0.6) is 0 Å². The minimum atomic E-state index is -0.859. The second kappa shape index (κ2) is 11.8. The molecule has 2 atom stereocenters. The molecule has 9 nitrogen and oxygen atoms in total. The topological polar surface area (TPSA) is 110 Å². The number of carbonyl (C=O) groups is 1. The van der Waals surface area contributed by atoms with Crippen LogP contribution < -0.4 is 5.32 Å². The zero-order chi connectivity index (χ0) is 25.7. The highest BCUT2D eigenvalue weighted by Crippen LogP contribution is 2.32. The quantitative estimate of drug-likeness (QED) is 0.413. The number of fused-ring (bicyclic) bond motifs is 1. The molecule has 2 aromatic heterocycles. The summed E-state index contributed by atoms with van der Waals surface area (Å²) < 4.78 is 11.3. The summed E-state index contributed by atoms with van der Waals surface area (Å²) in [6, 6.07) is 3.66. The van der Waals surface area contributed by atoms with Gasteiger partial charge in [0.15, 0.2) is 0 Å². The van der Waals surface area contributed by atoms with Gasteiger partial charge in [-0.1, -0.05) is 18.9 Å². The Morgan fingerprint density at radius 1 is 1.32 bits per heavy atom. The fourth-order valence-electron chi connectivity index (χ4n) is 5.67. The molecule has 200 valence electrons. The normalized spacial score (nSPS) is 21.6. The second-order valence-corrected chi connectivity index (χ2v) is 11.0. The number of rotatable bonds is 12. The standard InChI is InChI=1S/C28H39N5O4/c1-28(17-36-18-28)37-16-24-23(14-29-19-31-24)25(27(34)35)33-13-11-20(15-33)6-3-2-4-8-22-10-9-21-7-5-12-30-26(21)32-22/h9-10,14,19-20,25H,2-8,11-13,15-18H2,1H3,(H,30,32)(H,34,35)/t20-,25?/m1/s1. The Balaban J connectivity index is 1.09. The van der Waals surface area contributed by atoms with Crippen molar-refractivity contribution in [3.8, 4) is 0 Å². The number of hydrogen-bond acceptors (Lipinski definition) is 8. The largest absolute Gasteiger partial charge is 0.480 e. The van der Waals surface area contributed by atoms with E-state index in [1.54, 1.807) is 6.20 Å². The molecule has 0 radical (unpaired) electrons. The van der Waals surface area contributed by atoms with Crippen molar-refractivity contribution < 1.29 is 19.4 Å². The Labute approximate surface area is 219 Å². The summed E-state index contributed by atoms with van der Waals surface area (Å²) in [5.41, 5.74) is 3.46. The third-order valence-corrected chi connectivity index (χ3v) is 7.91. The summed E-state index contributed by atoms with van der Waals surface area (Å²) in [6.07, 6.45) is 12.0. The maximum Gasteiger partial charge on any atom is 0.325 e. The van der Waals surface area contributed by atoms with E-state index >= 15 is 0 Å². The number of unbranched alkanes of at least 4 members (excludes halogenated alkanes) is 2. The van der Waals surface area contributed by atoms with Crippen molar-refractivity contribution in [2.75, 3.05) is 38.2 Å². The fraction of sp³-hybridized carbons (Fsp3) is 0.643. The lowest BCUT2D eigenvalue weighted by Gasteiger charge is -2.37. The van der Waals surface area contributed by atoms with Crippen LogP contribution >= 0.6 is 0 Å². The van der Waals surface area contributed by atoms with Gasteiger partial charge in [-0.05, 0) is 69.5 Å². The molecule has 3 aliphatic rings. The molecule has 0 spiro atoms. The molecule has 0 amide bonds. The number of aliphatic carboxylic acids is 1. The Morgan fingerprint density at radius 3 is 3.03 bits per heavy atom. The lowest BCUT2D eigenvalue weighted by molar-refractivity contribution is -0.205. The Hall–Kier alpha value is -2.62. The average molecular weight is 510 g/mol. The molecule has 0 bridgehead atoms. The SMILES string of the molecule is CC1(OCc2ncncc2C(C(=O)O)N2CC[C@@H](CCCCCc3ccc4c(n3)NCCC4)C2)COC1. The number of pyridine rings is 1. The van der Waals surface area contributed by atoms with Crippen LogP contribution in [-0.4, -0.2) is 69.4 Å². The van der Waals surface area contributed by atoms with Crippen LogP contribution in [0.1, 0.15) is 74.0 Å². The fourth-order valence-corrected chi connectivity index (χ4v) is 5.67. The van der Waals surface area contributed by atoms with E-state index in [-0.39, 0.29) is 12.2 Å². The lowest BCUT2D eigenvalue weighted by Crippen LogP contribution is -2.49. The van der Waals surface area contributed by atoms with Gasteiger partial charge in [0.1, 0.15) is 23.8 Å². The highest BCUT2D eigenvalue weighted by atomic mass is 16.6. The van der Waals surface area contributed by atoms with Gasteiger partial charge in [-0.2, -0.15) is 0 Å². The first kappa shape index (κ1) is 26.0. The van der Waals surface area contributed by atoms with E-state index in [4.69, 9.17) is 14.5 Å². The van der Waals surface area contributed by atoms with E-state index < -0.39 is 12.0 Å². The number of carboxylic acids is 1. The van der Waals surface area contributed by atoms with Crippen LogP contribution in [0.4, 0.5) is 5.82 Å². The Morgan fingerprint density at radius 2 is 2.22 bits per heavy atom. The van der Waals surface area contributed by atoms with E-state index in [1.807, 2.05) is 6.92 Å². The third-order valence-electron chi connectivity index (χ3n) is 7.91. The zero-order valence-corrected chi connectivity index (χ0v) is 21.8. The average Bonchev–Trinajstić information content (AvgIpc) is 3.35. The number of nitrogens with one attached hydrogen (secondary N) is 1. The van der Waals surface area contributed by atoms with Crippen molar-refractivity contribution >= 4 is 11.8 Å². The molecule has 1 unspecified atom stereocenters. The predicted octanol–water partition coefficient (Wildman–Crippen LogP) is 3.79. The summed E-state index contributed by atoms with van der Waals surface area (Å²) in [4.78, 5) is 27.8. The number of aryl methyl sites for hydroxylation is 2.